The highest BCUT2D eigenvalue weighted by molar-refractivity contribution is 5.95. The van der Waals surface area contributed by atoms with E-state index >= 15 is 0 Å². The van der Waals surface area contributed by atoms with Gasteiger partial charge in [0.15, 0.2) is 0 Å². The first-order chi connectivity index (χ1) is 15.2. The van der Waals surface area contributed by atoms with Crippen molar-refractivity contribution >= 4 is 11.6 Å². The van der Waals surface area contributed by atoms with Gasteiger partial charge in [-0.15, -0.1) is 0 Å². The van der Waals surface area contributed by atoms with Crippen LogP contribution in [-0.4, -0.2) is 40.1 Å². The van der Waals surface area contributed by atoms with Gasteiger partial charge in [-0.2, -0.15) is 5.26 Å². The third kappa shape index (κ3) is 3.33. The van der Waals surface area contributed by atoms with Crippen LogP contribution in [-0.2, 0) is 0 Å². The Balaban J connectivity index is 1.58. The third-order valence-corrected chi connectivity index (χ3v) is 6.38. The Bertz CT molecular complexity index is 1170. The number of hydrogen-bond acceptors (Lipinski definition) is 5. The summed E-state index contributed by atoms with van der Waals surface area (Å²) in [5.74, 6) is 0.111. The molecule has 1 amide bonds. The number of carbonyl (C=O) groups is 1. The van der Waals surface area contributed by atoms with Crippen LogP contribution in [0.5, 0.6) is 0 Å². The van der Waals surface area contributed by atoms with Crippen molar-refractivity contribution in [3.8, 4) is 17.2 Å². The van der Waals surface area contributed by atoms with E-state index < -0.39 is 0 Å². The van der Waals surface area contributed by atoms with Crippen molar-refractivity contribution in [3.05, 3.63) is 83.7 Å². The first kappa shape index (κ1) is 19.3. The van der Waals surface area contributed by atoms with E-state index in [9.17, 15) is 15.2 Å². The molecule has 0 saturated carbocycles. The fourth-order valence-corrected chi connectivity index (χ4v) is 4.90. The molecule has 0 aliphatic carbocycles. The van der Waals surface area contributed by atoms with Crippen LogP contribution in [0.2, 0.25) is 0 Å². The maximum Gasteiger partial charge on any atom is 0.254 e. The van der Waals surface area contributed by atoms with E-state index in [4.69, 9.17) is 0 Å². The van der Waals surface area contributed by atoms with Gasteiger partial charge in [-0.05, 0) is 59.5 Å². The summed E-state index contributed by atoms with van der Waals surface area (Å²) in [7, 11) is 0. The number of likely N-dealkylation sites (tertiary alicyclic amines) is 1. The number of benzene rings is 2. The molecule has 2 N–H and O–H groups in total. The number of anilines is 1. The molecule has 2 aliphatic rings. The van der Waals surface area contributed by atoms with Crippen LogP contribution in [0, 0.1) is 17.2 Å². The van der Waals surface area contributed by atoms with Gasteiger partial charge in [0.1, 0.15) is 0 Å². The fourth-order valence-electron chi connectivity index (χ4n) is 4.90. The summed E-state index contributed by atoms with van der Waals surface area (Å²) in [4.78, 5) is 19.3. The minimum absolute atomic E-state index is 0.0173. The predicted octanol–water partition coefficient (Wildman–Crippen LogP) is 3.61. The average molecular weight is 410 g/mol. The topological polar surface area (TPSA) is 89.2 Å². The number of carbonyl (C=O) groups excluding carboxylic acids is 1. The quantitative estimate of drug-likeness (QED) is 0.689. The second-order valence-electron chi connectivity index (χ2n) is 8.06. The number of aliphatic hydroxyl groups excluding tert-OH is 1. The van der Waals surface area contributed by atoms with Crippen LogP contribution < -0.4 is 5.32 Å². The summed E-state index contributed by atoms with van der Waals surface area (Å²) in [5.41, 5.74) is 5.19. The van der Waals surface area contributed by atoms with E-state index in [-0.39, 0.29) is 30.5 Å². The molecular formula is C25H22N4O2. The van der Waals surface area contributed by atoms with Gasteiger partial charge in [0, 0.05) is 36.1 Å². The van der Waals surface area contributed by atoms with Crippen molar-refractivity contribution in [3.63, 3.8) is 0 Å². The summed E-state index contributed by atoms with van der Waals surface area (Å²) in [5, 5.41) is 22.7. The number of hydrogen-bond donors (Lipinski definition) is 2. The number of nitrogens with one attached hydrogen (secondary N) is 1. The van der Waals surface area contributed by atoms with E-state index in [1.807, 2.05) is 35.2 Å². The SMILES string of the molecule is N#Cc1cccc(-c2ccc3c(c2)[C@@H]2[C@@H](CCN2C(=O)c2ccncc2)[C@H](CO)N3)c1. The fraction of sp³-hybridized carbons (Fsp3) is 0.240. The Morgan fingerprint density at radius 3 is 2.74 bits per heavy atom. The molecular weight excluding hydrogens is 388 g/mol. The Morgan fingerprint density at radius 2 is 1.97 bits per heavy atom. The Hall–Kier alpha value is -3.69. The van der Waals surface area contributed by atoms with Crippen LogP contribution in [0.15, 0.2) is 67.0 Å². The number of amides is 1. The lowest BCUT2D eigenvalue weighted by Gasteiger charge is -2.39. The Morgan fingerprint density at radius 1 is 1.16 bits per heavy atom. The molecule has 1 aromatic heterocycles. The van der Waals surface area contributed by atoms with Gasteiger partial charge in [0.2, 0.25) is 0 Å². The molecule has 154 valence electrons. The van der Waals surface area contributed by atoms with Gasteiger partial charge in [0.25, 0.3) is 5.91 Å². The average Bonchev–Trinajstić information content (AvgIpc) is 3.29. The van der Waals surface area contributed by atoms with Crippen molar-refractivity contribution in [1.82, 2.24) is 9.88 Å². The Labute approximate surface area is 180 Å². The molecule has 3 aromatic rings. The molecule has 2 aliphatic heterocycles. The molecule has 5 rings (SSSR count). The molecule has 3 atom stereocenters. The lowest BCUT2D eigenvalue weighted by Crippen LogP contribution is -2.42. The molecule has 0 bridgehead atoms. The summed E-state index contributed by atoms with van der Waals surface area (Å²) < 4.78 is 0. The standard InChI is InChI=1S/C25H22N4O2/c26-14-16-2-1-3-18(12-16)19-4-5-22-21(13-19)24-20(23(15-30)28-22)8-11-29(24)25(31)17-6-9-27-10-7-17/h1-7,9-10,12-13,20,23-24,28,30H,8,11,15H2/t20-,23-,24-/m0/s1. The van der Waals surface area contributed by atoms with E-state index in [1.165, 1.54) is 0 Å². The molecule has 0 unspecified atom stereocenters. The lowest BCUT2D eigenvalue weighted by molar-refractivity contribution is 0.0701. The highest BCUT2D eigenvalue weighted by atomic mass is 16.3. The summed E-state index contributed by atoms with van der Waals surface area (Å²) in [6.07, 6.45) is 4.09. The van der Waals surface area contributed by atoms with Gasteiger partial charge >= 0.3 is 0 Å². The van der Waals surface area contributed by atoms with Crippen LogP contribution in [0.1, 0.15) is 33.9 Å². The number of nitrogens with zero attached hydrogens (tertiary/aromatic N) is 3. The smallest absolute Gasteiger partial charge is 0.254 e. The first-order valence-electron chi connectivity index (χ1n) is 10.4. The maximum absolute atomic E-state index is 13.3. The van der Waals surface area contributed by atoms with Crippen molar-refractivity contribution in [2.45, 2.75) is 18.5 Å². The van der Waals surface area contributed by atoms with Crippen LogP contribution in [0.3, 0.4) is 0 Å². The van der Waals surface area contributed by atoms with E-state index in [0.29, 0.717) is 17.7 Å². The number of pyridine rings is 1. The number of aromatic nitrogens is 1. The van der Waals surface area contributed by atoms with Gasteiger partial charge < -0.3 is 15.3 Å². The summed E-state index contributed by atoms with van der Waals surface area (Å²) in [6, 6.07) is 19.1. The van der Waals surface area contributed by atoms with Crippen molar-refractivity contribution in [1.29, 1.82) is 5.26 Å². The molecule has 31 heavy (non-hydrogen) atoms. The molecule has 2 aromatic carbocycles. The molecule has 1 saturated heterocycles. The maximum atomic E-state index is 13.3. The van der Waals surface area contributed by atoms with Crippen LogP contribution in [0.25, 0.3) is 11.1 Å². The summed E-state index contributed by atoms with van der Waals surface area (Å²) >= 11 is 0. The lowest BCUT2D eigenvalue weighted by atomic mass is 9.82. The van der Waals surface area contributed by atoms with E-state index in [2.05, 4.69) is 22.4 Å². The highest BCUT2D eigenvalue weighted by Crippen LogP contribution is 2.47. The number of aliphatic hydroxyl groups is 1. The second kappa shape index (κ2) is 7.86. The van der Waals surface area contributed by atoms with E-state index in [1.54, 1.807) is 30.6 Å². The monoisotopic (exact) mass is 410 g/mol. The molecule has 6 nitrogen and oxygen atoms in total. The minimum atomic E-state index is -0.117. The zero-order chi connectivity index (χ0) is 21.4. The van der Waals surface area contributed by atoms with Gasteiger partial charge in [-0.3, -0.25) is 9.78 Å². The number of fused-ring (bicyclic) bond motifs is 3. The van der Waals surface area contributed by atoms with Crippen molar-refractivity contribution in [2.75, 3.05) is 18.5 Å². The van der Waals surface area contributed by atoms with Crippen molar-refractivity contribution < 1.29 is 9.90 Å². The normalized spacial score (nSPS) is 21.5. The zero-order valence-corrected chi connectivity index (χ0v) is 16.9. The molecule has 6 heteroatoms. The second-order valence-corrected chi connectivity index (χ2v) is 8.06. The van der Waals surface area contributed by atoms with Gasteiger partial charge in [-0.1, -0.05) is 18.2 Å². The molecule has 3 heterocycles. The molecule has 0 radical (unpaired) electrons. The highest BCUT2D eigenvalue weighted by Gasteiger charge is 2.45. The van der Waals surface area contributed by atoms with Crippen LogP contribution >= 0.6 is 0 Å². The molecule has 1 fully saturated rings. The third-order valence-electron chi connectivity index (χ3n) is 6.38. The van der Waals surface area contributed by atoms with Gasteiger partial charge in [-0.25, -0.2) is 0 Å². The van der Waals surface area contributed by atoms with E-state index in [0.717, 1.165) is 28.8 Å². The number of nitriles is 1. The zero-order valence-electron chi connectivity index (χ0n) is 16.9. The predicted molar refractivity (Wildman–Crippen MR) is 117 cm³/mol. The van der Waals surface area contributed by atoms with Gasteiger partial charge in [0.05, 0.1) is 30.3 Å². The Kier molecular flexibility index (Phi) is 4.89. The minimum Gasteiger partial charge on any atom is -0.394 e. The van der Waals surface area contributed by atoms with Crippen molar-refractivity contribution in [2.24, 2.45) is 5.92 Å². The van der Waals surface area contributed by atoms with Crippen LogP contribution in [0.4, 0.5) is 5.69 Å². The number of rotatable bonds is 3. The first-order valence-corrected chi connectivity index (χ1v) is 10.4. The largest absolute Gasteiger partial charge is 0.394 e. The molecule has 0 spiro atoms. The summed E-state index contributed by atoms with van der Waals surface area (Å²) in [6.45, 7) is 0.659.